The van der Waals surface area contributed by atoms with Crippen molar-refractivity contribution in [2.75, 3.05) is 6.54 Å². The van der Waals surface area contributed by atoms with E-state index in [1.165, 1.54) is 0 Å². The Hall–Kier alpha value is -0.950. The van der Waals surface area contributed by atoms with Crippen LogP contribution in [0.5, 0.6) is 0 Å². The van der Waals surface area contributed by atoms with Crippen LogP contribution < -0.4 is 5.32 Å². The first-order valence-electron chi connectivity index (χ1n) is 4.79. The Balaban J connectivity index is 2.15. The van der Waals surface area contributed by atoms with Crippen LogP contribution in [0.4, 0.5) is 13.2 Å². The molecule has 88 valence electrons. The SMILES string of the molecule is O=C(c1cnc(C(F)(F)F)s1)C1CCCN1. The van der Waals surface area contributed by atoms with Crippen molar-refractivity contribution < 1.29 is 18.0 Å². The molecule has 0 spiro atoms. The third kappa shape index (κ3) is 2.25. The van der Waals surface area contributed by atoms with Crippen LogP contribution in [0.25, 0.3) is 0 Å². The number of ketones is 1. The standard InChI is InChI=1S/C9H9F3N2OS/c10-9(11,12)8-14-4-6(16-8)7(15)5-2-1-3-13-5/h4-5,13H,1-3H2. The van der Waals surface area contributed by atoms with Gasteiger partial charge in [-0.1, -0.05) is 0 Å². The molecule has 1 fully saturated rings. The topological polar surface area (TPSA) is 42.0 Å². The lowest BCUT2D eigenvalue weighted by atomic mass is 10.1. The summed E-state index contributed by atoms with van der Waals surface area (Å²) in [5, 5.41) is 1.99. The fourth-order valence-electron chi connectivity index (χ4n) is 1.60. The minimum absolute atomic E-state index is 0.0757. The van der Waals surface area contributed by atoms with Crippen LogP contribution in [0.3, 0.4) is 0 Å². The molecule has 7 heteroatoms. The van der Waals surface area contributed by atoms with Gasteiger partial charge in [0.15, 0.2) is 10.8 Å². The zero-order chi connectivity index (χ0) is 11.8. The largest absolute Gasteiger partial charge is 0.443 e. The number of thiazole rings is 1. The fourth-order valence-corrected chi connectivity index (χ4v) is 2.38. The van der Waals surface area contributed by atoms with Crippen LogP contribution in [-0.4, -0.2) is 23.4 Å². The third-order valence-corrected chi connectivity index (χ3v) is 3.42. The van der Waals surface area contributed by atoms with Crippen molar-refractivity contribution in [3.05, 3.63) is 16.1 Å². The molecule has 1 aliphatic rings. The molecule has 1 saturated heterocycles. The molecule has 2 heterocycles. The van der Waals surface area contributed by atoms with Crippen molar-refractivity contribution in [1.82, 2.24) is 10.3 Å². The Labute approximate surface area is 93.7 Å². The highest BCUT2D eigenvalue weighted by atomic mass is 32.1. The Kier molecular flexibility index (Phi) is 2.98. The monoisotopic (exact) mass is 250 g/mol. The minimum Gasteiger partial charge on any atom is -0.307 e. The number of nitrogens with zero attached hydrogens (tertiary/aromatic N) is 1. The first-order chi connectivity index (χ1) is 7.48. The highest BCUT2D eigenvalue weighted by Gasteiger charge is 2.36. The Bertz CT molecular complexity index is 396. The number of hydrogen-bond donors (Lipinski definition) is 1. The van der Waals surface area contributed by atoms with E-state index in [2.05, 4.69) is 10.3 Å². The number of hydrogen-bond acceptors (Lipinski definition) is 4. The number of Topliss-reactive ketones (excluding diaryl/α,β-unsaturated/α-hetero) is 1. The van der Waals surface area contributed by atoms with Crippen molar-refractivity contribution in [3.63, 3.8) is 0 Å². The highest BCUT2D eigenvalue weighted by molar-refractivity contribution is 7.13. The van der Waals surface area contributed by atoms with Crippen molar-refractivity contribution in [3.8, 4) is 0 Å². The molecule has 0 aromatic carbocycles. The average Bonchev–Trinajstić information content (AvgIpc) is 2.87. The lowest BCUT2D eigenvalue weighted by Crippen LogP contribution is -2.30. The molecule has 1 aliphatic heterocycles. The Morgan fingerprint density at radius 2 is 2.31 bits per heavy atom. The lowest BCUT2D eigenvalue weighted by Gasteiger charge is -2.05. The second-order valence-electron chi connectivity index (χ2n) is 3.54. The quantitative estimate of drug-likeness (QED) is 0.817. The van der Waals surface area contributed by atoms with Crippen LogP contribution in [0.2, 0.25) is 0 Å². The summed E-state index contributed by atoms with van der Waals surface area (Å²) in [5.41, 5.74) is 0. The molecule has 0 bridgehead atoms. The van der Waals surface area contributed by atoms with E-state index in [0.29, 0.717) is 17.8 Å². The van der Waals surface area contributed by atoms with E-state index >= 15 is 0 Å². The van der Waals surface area contributed by atoms with Gasteiger partial charge >= 0.3 is 6.18 Å². The van der Waals surface area contributed by atoms with E-state index in [1.54, 1.807) is 0 Å². The van der Waals surface area contributed by atoms with Gasteiger partial charge in [0, 0.05) is 6.20 Å². The zero-order valence-electron chi connectivity index (χ0n) is 8.17. The Morgan fingerprint density at radius 3 is 2.81 bits per heavy atom. The number of rotatable bonds is 2. The molecule has 1 unspecified atom stereocenters. The molecule has 2 rings (SSSR count). The maximum Gasteiger partial charge on any atom is 0.443 e. The summed E-state index contributed by atoms with van der Waals surface area (Å²) >= 11 is 0.409. The first kappa shape index (κ1) is 11.5. The summed E-state index contributed by atoms with van der Waals surface area (Å²) in [7, 11) is 0. The van der Waals surface area contributed by atoms with E-state index in [0.717, 1.165) is 19.2 Å². The summed E-state index contributed by atoms with van der Waals surface area (Å²) in [6, 6.07) is -0.346. The van der Waals surface area contributed by atoms with E-state index in [1.807, 2.05) is 0 Å². The molecule has 1 aromatic heterocycles. The summed E-state index contributed by atoms with van der Waals surface area (Å²) in [6.45, 7) is 0.737. The van der Waals surface area contributed by atoms with Gasteiger partial charge in [-0.25, -0.2) is 4.98 Å². The minimum atomic E-state index is -4.47. The van der Waals surface area contributed by atoms with Gasteiger partial charge < -0.3 is 5.32 Å². The molecule has 16 heavy (non-hydrogen) atoms. The predicted octanol–water partition coefficient (Wildman–Crippen LogP) is 2.10. The lowest BCUT2D eigenvalue weighted by molar-refractivity contribution is -0.137. The molecule has 1 aromatic rings. The molecule has 0 saturated carbocycles. The van der Waals surface area contributed by atoms with Crippen molar-refractivity contribution in [2.45, 2.75) is 25.1 Å². The number of halogens is 3. The number of carbonyl (C=O) groups is 1. The second-order valence-corrected chi connectivity index (χ2v) is 4.57. The maximum absolute atomic E-state index is 12.3. The first-order valence-corrected chi connectivity index (χ1v) is 5.61. The van der Waals surface area contributed by atoms with Crippen LogP contribution in [0, 0.1) is 0 Å². The zero-order valence-corrected chi connectivity index (χ0v) is 8.99. The van der Waals surface area contributed by atoms with Crippen LogP contribution >= 0.6 is 11.3 Å². The summed E-state index contributed by atoms with van der Waals surface area (Å²) in [5.74, 6) is -0.287. The summed E-state index contributed by atoms with van der Waals surface area (Å²) in [6.07, 6.45) is -1.90. The van der Waals surface area contributed by atoms with Crippen LogP contribution in [0.1, 0.15) is 27.5 Å². The van der Waals surface area contributed by atoms with Crippen LogP contribution in [-0.2, 0) is 6.18 Å². The summed E-state index contributed by atoms with van der Waals surface area (Å²) < 4.78 is 36.8. The molecular weight excluding hydrogens is 241 g/mol. The molecule has 0 aliphatic carbocycles. The van der Waals surface area contributed by atoms with Gasteiger partial charge in [0.2, 0.25) is 0 Å². The number of alkyl halides is 3. The molecule has 1 atom stereocenters. The third-order valence-electron chi connectivity index (χ3n) is 2.37. The number of carbonyl (C=O) groups excluding carboxylic acids is 1. The molecule has 0 amide bonds. The normalized spacial score (nSPS) is 21.3. The number of aromatic nitrogens is 1. The van der Waals surface area contributed by atoms with Gasteiger partial charge in [-0.3, -0.25) is 4.79 Å². The molecule has 3 nitrogen and oxygen atoms in total. The predicted molar refractivity (Wildman–Crippen MR) is 52.5 cm³/mol. The molecule has 1 N–H and O–H groups in total. The Morgan fingerprint density at radius 1 is 1.56 bits per heavy atom. The molecular formula is C9H9F3N2OS. The van der Waals surface area contributed by atoms with E-state index in [-0.39, 0.29) is 16.7 Å². The molecule has 0 radical (unpaired) electrons. The van der Waals surface area contributed by atoms with Crippen molar-refractivity contribution >= 4 is 17.1 Å². The van der Waals surface area contributed by atoms with Gasteiger partial charge in [-0.2, -0.15) is 13.2 Å². The van der Waals surface area contributed by atoms with Crippen molar-refractivity contribution in [2.24, 2.45) is 0 Å². The van der Waals surface area contributed by atoms with Crippen LogP contribution in [0.15, 0.2) is 6.20 Å². The van der Waals surface area contributed by atoms with Crippen molar-refractivity contribution in [1.29, 1.82) is 0 Å². The van der Waals surface area contributed by atoms with Gasteiger partial charge in [0.05, 0.1) is 10.9 Å². The van der Waals surface area contributed by atoms with Gasteiger partial charge in [-0.15, -0.1) is 11.3 Å². The van der Waals surface area contributed by atoms with Gasteiger partial charge in [0.1, 0.15) is 0 Å². The summed E-state index contributed by atoms with van der Waals surface area (Å²) in [4.78, 5) is 15.0. The maximum atomic E-state index is 12.3. The van der Waals surface area contributed by atoms with E-state index < -0.39 is 11.2 Å². The average molecular weight is 250 g/mol. The highest BCUT2D eigenvalue weighted by Crippen LogP contribution is 2.33. The fraction of sp³-hybridized carbons (Fsp3) is 0.556. The second kappa shape index (κ2) is 4.14. The number of nitrogens with one attached hydrogen (secondary N) is 1. The van der Waals surface area contributed by atoms with Gasteiger partial charge in [-0.05, 0) is 19.4 Å². The van der Waals surface area contributed by atoms with Gasteiger partial charge in [0.25, 0.3) is 0 Å². The van der Waals surface area contributed by atoms with E-state index in [9.17, 15) is 18.0 Å². The van der Waals surface area contributed by atoms with E-state index in [4.69, 9.17) is 0 Å². The smallest absolute Gasteiger partial charge is 0.307 e.